The van der Waals surface area contributed by atoms with E-state index in [1.54, 1.807) is 36.8 Å². The molecule has 3 aromatic rings. The number of carbonyl (C=O) groups is 1. The summed E-state index contributed by atoms with van der Waals surface area (Å²) >= 11 is 1.19. The summed E-state index contributed by atoms with van der Waals surface area (Å²) in [4.78, 5) is 16.2. The number of rotatable bonds is 7. The third-order valence-electron chi connectivity index (χ3n) is 3.85. The van der Waals surface area contributed by atoms with Crippen LogP contribution >= 0.6 is 11.3 Å². The lowest BCUT2D eigenvalue weighted by Gasteiger charge is -2.08. The molecule has 10 heteroatoms. The summed E-state index contributed by atoms with van der Waals surface area (Å²) in [7, 11) is 1.57. The Kier molecular flexibility index (Phi) is 6.68. The van der Waals surface area contributed by atoms with E-state index in [4.69, 9.17) is 4.74 Å². The van der Waals surface area contributed by atoms with Crippen LogP contribution in [-0.2, 0) is 17.4 Å². The molecule has 0 bridgehead atoms. The largest absolute Gasteiger partial charge is 0.497 e. The number of aromatic nitrogens is 1. The van der Waals surface area contributed by atoms with Crippen LogP contribution in [0.15, 0.2) is 59.0 Å². The van der Waals surface area contributed by atoms with Gasteiger partial charge in [-0.25, -0.2) is 10.4 Å². The second-order valence-electron chi connectivity index (χ2n) is 6.09. The zero-order valence-corrected chi connectivity index (χ0v) is 16.6. The molecule has 1 aromatic heterocycles. The van der Waals surface area contributed by atoms with E-state index < -0.39 is 11.7 Å². The molecule has 2 aromatic carbocycles. The van der Waals surface area contributed by atoms with E-state index >= 15 is 0 Å². The van der Waals surface area contributed by atoms with Crippen LogP contribution in [0.3, 0.4) is 0 Å². The fraction of sp³-hybridized carbons (Fsp3) is 0.150. The summed E-state index contributed by atoms with van der Waals surface area (Å²) in [6.45, 7) is 0. The Bertz CT molecular complexity index is 1030. The minimum Gasteiger partial charge on any atom is -0.497 e. The van der Waals surface area contributed by atoms with E-state index in [1.807, 2.05) is 0 Å². The molecular weight excluding hydrogens is 417 g/mol. The summed E-state index contributed by atoms with van der Waals surface area (Å²) in [6, 6.07) is 12.0. The fourth-order valence-corrected chi connectivity index (χ4v) is 3.15. The van der Waals surface area contributed by atoms with E-state index in [0.29, 0.717) is 16.6 Å². The zero-order valence-electron chi connectivity index (χ0n) is 15.7. The number of alkyl halides is 3. The predicted molar refractivity (Wildman–Crippen MR) is 109 cm³/mol. The summed E-state index contributed by atoms with van der Waals surface area (Å²) in [5.74, 6) is 0.352. The number of carbonyl (C=O) groups excluding carboxylic acids is 1. The number of methoxy groups -OCH3 is 1. The second-order valence-corrected chi connectivity index (χ2v) is 6.95. The molecule has 30 heavy (non-hydrogen) atoms. The molecule has 0 fully saturated rings. The summed E-state index contributed by atoms with van der Waals surface area (Å²) in [5, 5.41) is 8.75. The van der Waals surface area contributed by atoms with Gasteiger partial charge in [-0.2, -0.15) is 18.3 Å². The average molecular weight is 434 g/mol. The maximum absolute atomic E-state index is 12.8. The maximum atomic E-state index is 12.8. The first-order valence-corrected chi connectivity index (χ1v) is 9.56. The smallest absolute Gasteiger partial charge is 0.416 e. The number of nitrogens with zero attached hydrogens (tertiary/aromatic N) is 2. The Morgan fingerprint density at radius 1 is 1.23 bits per heavy atom. The van der Waals surface area contributed by atoms with Crippen LogP contribution in [0.2, 0.25) is 0 Å². The van der Waals surface area contributed by atoms with E-state index in [1.165, 1.54) is 29.7 Å². The topological polar surface area (TPSA) is 75.6 Å². The van der Waals surface area contributed by atoms with Gasteiger partial charge in [-0.3, -0.25) is 4.79 Å². The molecule has 0 radical (unpaired) electrons. The fourth-order valence-electron chi connectivity index (χ4n) is 2.42. The monoisotopic (exact) mass is 434 g/mol. The summed E-state index contributed by atoms with van der Waals surface area (Å²) in [6.07, 6.45) is -2.93. The van der Waals surface area contributed by atoms with Crippen LogP contribution in [0, 0.1) is 0 Å². The molecule has 0 unspecified atom stereocenters. The molecule has 156 valence electrons. The third kappa shape index (κ3) is 6.05. The van der Waals surface area contributed by atoms with Crippen LogP contribution in [0.5, 0.6) is 5.75 Å². The molecule has 1 amide bonds. The van der Waals surface area contributed by atoms with E-state index in [2.05, 4.69) is 20.8 Å². The number of hydrogen-bond donors (Lipinski definition) is 2. The van der Waals surface area contributed by atoms with Crippen molar-refractivity contribution >= 4 is 34.3 Å². The number of anilines is 2. The van der Waals surface area contributed by atoms with Gasteiger partial charge in [0.2, 0.25) is 5.91 Å². The van der Waals surface area contributed by atoms with E-state index in [0.717, 1.165) is 17.7 Å². The molecule has 0 atom stereocenters. The molecule has 1 heterocycles. The average Bonchev–Trinajstić information content (AvgIpc) is 3.14. The van der Waals surface area contributed by atoms with E-state index in [9.17, 15) is 18.0 Å². The minimum atomic E-state index is -4.42. The van der Waals surface area contributed by atoms with Crippen LogP contribution in [0.1, 0.15) is 16.8 Å². The normalized spacial score (nSPS) is 11.5. The highest BCUT2D eigenvalue weighted by molar-refractivity contribution is 7.13. The quantitative estimate of drug-likeness (QED) is 0.421. The van der Waals surface area contributed by atoms with E-state index in [-0.39, 0.29) is 18.0 Å². The first-order valence-electron chi connectivity index (χ1n) is 8.68. The Morgan fingerprint density at radius 2 is 2.00 bits per heavy atom. The zero-order chi connectivity index (χ0) is 21.6. The van der Waals surface area contributed by atoms with Gasteiger partial charge in [0.1, 0.15) is 5.75 Å². The van der Waals surface area contributed by atoms with Gasteiger partial charge in [0.15, 0.2) is 5.13 Å². The highest BCUT2D eigenvalue weighted by atomic mass is 32.1. The first-order chi connectivity index (χ1) is 14.3. The van der Waals surface area contributed by atoms with Crippen molar-refractivity contribution in [2.75, 3.05) is 12.4 Å². The molecular formula is C20H17F3N4O2S. The SMILES string of the molecule is COc1ccc(/C=N\NC(=O)Cc2csc(Nc3cccc(C(F)(F)F)c3)n2)cc1. The number of hydrogen-bond acceptors (Lipinski definition) is 6. The Balaban J connectivity index is 1.53. The molecule has 2 N–H and O–H groups in total. The number of amides is 1. The Labute approximate surface area is 174 Å². The number of hydrazone groups is 1. The standard InChI is InChI=1S/C20H17F3N4O2S/c1-29-17-7-5-13(6-8-17)11-24-27-18(28)10-16-12-30-19(26-16)25-15-4-2-3-14(9-15)20(21,22)23/h2-9,11-12H,10H2,1H3,(H,25,26)(H,27,28)/b24-11-. The van der Waals surface area contributed by atoms with Crippen molar-refractivity contribution in [3.63, 3.8) is 0 Å². The van der Waals surface area contributed by atoms with Crippen molar-refractivity contribution < 1.29 is 22.7 Å². The number of benzene rings is 2. The highest BCUT2D eigenvalue weighted by Crippen LogP contribution is 2.31. The molecule has 3 rings (SSSR count). The predicted octanol–water partition coefficient (Wildman–Crippen LogP) is 4.61. The minimum absolute atomic E-state index is 0.0132. The molecule has 0 saturated heterocycles. The van der Waals surface area contributed by atoms with Crippen LogP contribution in [0.4, 0.5) is 24.0 Å². The number of thiazole rings is 1. The second kappa shape index (κ2) is 9.40. The van der Waals surface area contributed by atoms with Gasteiger partial charge in [-0.15, -0.1) is 11.3 Å². The summed E-state index contributed by atoms with van der Waals surface area (Å²) < 4.78 is 43.5. The lowest BCUT2D eigenvalue weighted by atomic mass is 10.2. The van der Waals surface area contributed by atoms with Crippen molar-refractivity contribution in [2.24, 2.45) is 5.10 Å². The molecule has 0 saturated carbocycles. The summed E-state index contributed by atoms with van der Waals surface area (Å²) in [5.41, 5.74) is 3.19. The van der Waals surface area contributed by atoms with Gasteiger partial charge in [0.05, 0.1) is 31.0 Å². The van der Waals surface area contributed by atoms with Crippen molar-refractivity contribution in [2.45, 2.75) is 12.6 Å². The van der Waals surface area contributed by atoms with Crippen LogP contribution in [0.25, 0.3) is 0 Å². The number of nitrogens with one attached hydrogen (secondary N) is 2. The lowest BCUT2D eigenvalue weighted by Crippen LogP contribution is -2.19. The maximum Gasteiger partial charge on any atom is 0.416 e. The lowest BCUT2D eigenvalue weighted by molar-refractivity contribution is -0.137. The highest BCUT2D eigenvalue weighted by Gasteiger charge is 2.30. The molecule has 0 spiro atoms. The molecule has 0 aliphatic rings. The molecule has 0 aliphatic carbocycles. The van der Waals surface area contributed by atoms with Crippen molar-refractivity contribution in [1.29, 1.82) is 0 Å². The van der Waals surface area contributed by atoms with Gasteiger partial charge in [-0.1, -0.05) is 6.07 Å². The van der Waals surface area contributed by atoms with Crippen LogP contribution < -0.4 is 15.5 Å². The molecule has 6 nitrogen and oxygen atoms in total. The van der Waals surface area contributed by atoms with Gasteiger partial charge in [0.25, 0.3) is 0 Å². The van der Waals surface area contributed by atoms with Crippen molar-refractivity contribution in [1.82, 2.24) is 10.4 Å². The van der Waals surface area contributed by atoms with Gasteiger partial charge in [0, 0.05) is 11.1 Å². The van der Waals surface area contributed by atoms with Crippen molar-refractivity contribution in [3.8, 4) is 5.75 Å². The number of ether oxygens (including phenoxy) is 1. The van der Waals surface area contributed by atoms with Gasteiger partial charge >= 0.3 is 6.18 Å². The molecule has 0 aliphatic heterocycles. The van der Waals surface area contributed by atoms with Crippen LogP contribution in [-0.4, -0.2) is 24.2 Å². The Morgan fingerprint density at radius 3 is 2.70 bits per heavy atom. The van der Waals surface area contributed by atoms with Gasteiger partial charge in [-0.05, 0) is 48.0 Å². The van der Waals surface area contributed by atoms with Gasteiger partial charge < -0.3 is 10.1 Å². The Hall–Kier alpha value is -3.40. The third-order valence-corrected chi connectivity index (χ3v) is 4.66. The number of halogens is 3. The van der Waals surface area contributed by atoms with Crippen molar-refractivity contribution in [3.05, 3.63) is 70.7 Å². The first kappa shape index (κ1) is 21.3.